The Morgan fingerprint density at radius 3 is 2.58 bits per heavy atom. The third kappa shape index (κ3) is 3.71. The highest BCUT2D eigenvalue weighted by molar-refractivity contribution is 8.01. The van der Waals surface area contributed by atoms with Crippen LogP contribution in [-0.4, -0.2) is 38.3 Å². The zero-order valence-electron chi connectivity index (χ0n) is 10.9. The molecule has 1 aromatic rings. The number of carboxylic acid groups (broad SMARTS) is 1. The van der Waals surface area contributed by atoms with Crippen molar-refractivity contribution in [3.8, 4) is 0 Å². The molecule has 19 heavy (non-hydrogen) atoms. The number of aryl methyl sites for hydroxylation is 1. The van der Waals surface area contributed by atoms with Crippen molar-refractivity contribution in [2.45, 2.75) is 31.6 Å². The van der Waals surface area contributed by atoms with Crippen LogP contribution < -0.4 is 11.3 Å². The molecular weight excluding hydrogens is 272 g/mol. The third-order valence-electron chi connectivity index (χ3n) is 2.57. The molecule has 8 heteroatoms. The van der Waals surface area contributed by atoms with Crippen LogP contribution >= 0.6 is 11.8 Å². The molecule has 0 saturated carbocycles. The second-order valence-corrected chi connectivity index (χ2v) is 6.21. The quantitative estimate of drug-likeness (QED) is 0.801. The molecule has 0 aliphatic rings. The highest BCUT2D eigenvalue weighted by Crippen LogP contribution is 2.27. The van der Waals surface area contributed by atoms with E-state index in [1.165, 1.54) is 6.07 Å². The van der Waals surface area contributed by atoms with Gasteiger partial charge in [0.2, 0.25) is 0 Å². The Bertz CT molecular complexity index is 546. The smallest absolute Gasteiger partial charge is 0.321 e. The molecular formula is C11H16N2O5S. The Labute approximate surface area is 113 Å². The van der Waals surface area contributed by atoms with Gasteiger partial charge in [-0.1, -0.05) is 0 Å². The van der Waals surface area contributed by atoms with Crippen LogP contribution in [0.15, 0.2) is 15.4 Å². The third-order valence-corrected chi connectivity index (χ3v) is 3.96. The topological polar surface area (TPSA) is 116 Å². The average molecular weight is 288 g/mol. The van der Waals surface area contributed by atoms with Gasteiger partial charge in [0.25, 0.3) is 11.5 Å². The van der Waals surface area contributed by atoms with Gasteiger partial charge in [0.1, 0.15) is 11.8 Å². The molecule has 1 atom stereocenters. The molecule has 1 aromatic heterocycles. The van der Waals surface area contributed by atoms with Gasteiger partial charge in [-0.25, -0.2) is 0 Å². The van der Waals surface area contributed by atoms with E-state index in [9.17, 15) is 14.4 Å². The fourth-order valence-electron chi connectivity index (χ4n) is 1.32. The molecule has 0 bridgehead atoms. The van der Waals surface area contributed by atoms with Crippen LogP contribution in [-0.2, 0) is 4.79 Å². The van der Waals surface area contributed by atoms with Crippen LogP contribution in [0.1, 0.15) is 24.4 Å². The SMILES string of the molecule is Cc1cc(=O)n(C(=O)CSC(C)(C)[C@@H](N)C(=O)O)o1. The van der Waals surface area contributed by atoms with Crippen molar-refractivity contribution in [3.63, 3.8) is 0 Å². The van der Waals surface area contributed by atoms with E-state index in [-0.39, 0.29) is 5.75 Å². The first-order valence-corrected chi connectivity index (χ1v) is 6.49. The van der Waals surface area contributed by atoms with Gasteiger partial charge in [0, 0.05) is 10.8 Å². The number of carbonyl (C=O) groups is 2. The number of carboxylic acids is 1. The summed E-state index contributed by atoms with van der Waals surface area (Å²) in [6.45, 7) is 4.81. The van der Waals surface area contributed by atoms with Gasteiger partial charge < -0.3 is 15.4 Å². The van der Waals surface area contributed by atoms with E-state index in [1.54, 1.807) is 20.8 Å². The highest BCUT2D eigenvalue weighted by atomic mass is 32.2. The highest BCUT2D eigenvalue weighted by Gasteiger charge is 2.33. The Hall–Kier alpha value is -1.54. The molecule has 106 valence electrons. The summed E-state index contributed by atoms with van der Waals surface area (Å²) in [5, 5.41) is 8.85. The fourth-order valence-corrected chi connectivity index (χ4v) is 2.21. The molecule has 0 radical (unpaired) electrons. The van der Waals surface area contributed by atoms with Gasteiger partial charge in [-0.2, -0.15) is 0 Å². The van der Waals surface area contributed by atoms with Gasteiger partial charge in [-0.3, -0.25) is 14.4 Å². The molecule has 0 unspecified atom stereocenters. The minimum Gasteiger partial charge on any atom is -0.480 e. The second-order valence-electron chi connectivity index (χ2n) is 4.58. The number of rotatable bonds is 5. The summed E-state index contributed by atoms with van der Waals surface area (Å²) in [6, 6.07) is 0.0943. The average Bonchev–Trinajstić information content (AvgIpc) is 2.64. The molecule has 0 aliphatic carbocycles. The number of carbonyl (C=O) groups excluding carboxylic acids is 1. The normalized spacial score (nSPS) is 13.3. The van der Waals surface area contributed by atoms with Crippen molar-refractivity contribution in [2.24, 2.45) is 5.73 Å². The molecule has 1 rings (SSSR count). The predicted molar refractivity (Wildman–Crippen MR) is 70.5 cm³/mol. The first-order chi connectivity index (χ1) is 8.65. The molecule has 0 aromatic carbocycles. The Kier molecular flexibility index (Phi) is 4.59. The van der Waals surface area contributed by atoms with Crippen molar-refractivity contribution in [2.75, 3.05) is 5.75 Å². The Balaban J connectivity index is 2.72. The lowest BCUT2D eigenvalue weighted by molar-refractivity contribution is -0.139. The van der Waals surface area contributed by atoms with Crippen LogP contribution in [0.5, 0.6) is 0 Å². The van der Waals surface area contributed by atoms with Crippen molar-refractivity contribution in [1.29, 1.82) is 0 Å². The van der Waals surface area contributed by atoms with Gasteiger partial charge >= 0.3 is 5.97 Å². The minimum absolute atomic E-state index is 0.0964. The van der Waals surface area contributed by atoms with Gasteiger partial charge in [0.05, 0.1) is 5.75 Å². The van der Waals surface area contributed by atoms with Crippen molar-refractivity contribution in [1.82, 2.24) is 4.74 Å². The minimum atomic E-state index is -1.14. The molecule has 0 aliphatic heterocycles. The summed E-state index contributed by atoms with van der Waals surface area (Å²) >= 11 is 1.06. The monoisotopic (exact) mass is 288 g/mol. The van der Waals surface area contributed by atoms with E-state index in [2.05, 4.69) is 0 Å². The first-order valence-electron chi connectivity index (χ1n) is 5.50. The standard InChI is InChI=1S/C11H16N2O5S/c1-6-4-7(14)13(18-6)8(15)5-19-11(2,3)9(12)10(16)17/h4,9H,5,12H2,1-3H3,(H,16,17)/t9-/m0/s1. The molecule has 0 spiro atoms. The van der Waals surface area contributed by atoms with Crippen LogP contribution in [0.3, 0.4) is 0 Å². The maximum absolute atomic E-state index is 11.8. The summed E-state index contributed by atoms with van der Waals surface area (Å²) in [5.41, 5.74) is 4.99. The number of aromatic nitrogens is 1. The van der Waals surface area contributed by atoms with Crippen molar-refractivity contribution >= 4 is 23.6 Å². The molecule has 0 fully saturated rings. The molecule has 0 amide bonds. The maximum atomic E-state index is 11.8. The van der Waals surface area contributed by atoms with E-state index < -0.39 is 28.2 Å². The predicted octanol–water partition coefficient (Wildman–Crippen LogP) is 0.314. The van der Waals surface area contributed by atoms with Gasteiger partial charge in [-0.15, -0.1) is 16.5 Å². The number of nitrogens with two attached hydrogens (primary N) is 1. The Morgan fingerprint density at radius 2 is 2.16 bits per heavy atom. The van der Waals surface area contributed by atoms with Crippen LogP contribution in [0.2, 0.25) is 0 Å². The summed E-state index contributed by atoms with van der Waals surface area (Å²) in [4.78, 5) is 34.0. The van der Waals surface area contributed by atoms with E-state index >= 15 is 0 Å². The Morgan fingerprint density at radius 1 is 1.58 bits per heavy atom. The number of thioether (sulfide) groups is 1. The van der Waals surface area contributed by atoms with E-state index in [4.69, 9.17) is 15.4 Å². The summed E-state index contributed by atoms with van der Waals surface area (Å²) in [5.74, 6) is -1.45. The van der Waals surface area contributed by atoms with E-state index in [0.717, 1.165) is 11.8 Å². The molecule has 3 N–H and O–H groups in total. The molecule has 1 heterocycles. The largest absolute Gasteiger partial charge is 0.480 e. The molecule has 0 saturated heterocycles. The zero-order chi connectivity index (χ0) is 14.8. The number of nitrogens with zero attached hydrogens (tertiary/aromatic N) is 1. The van der Waals surface area contributed by atoms with Gasteiger partial charge in [0.15, 0.2) is 0 Å². The molecule has 7 nitrogen and oxygen atoms in total. The fraction of sp³-hybridized carbons (Fsp3) is 0.545. The van der Waals surface area contributed by atoms with Gasteiger partial charge in [-0.05, 0) is 20.8 Å². The lowest BCUT2D eigenvalue weighted by Crippen LogP contribution is -2.47. The maximum Gasteiger partial charge on any atom is 0.321 e. The lowest BCUT2D eigenvalue weighted by atomic mass is 10.1. The van der Waals surface area contributed by atoms with Crippen LogP contribution in [0, 0.1) is 6.92 Å². The number of hydrogen-bond acceptors (Lipinski definition) is 6. The van der Waals surface area contributed by atoms with Crippen molar-refractivity contribution < 1.29 is 19.2 Å². The summed E-state index contributed by atoms with van der Waals surface area (Å²) in [6.07, 6.45) is 0. The number of aliphatic carboxylic acids is 1. The van der Waals surface area contributed by atoms with E-state index in [0.29, 0.717) is 10.5 Å². The summed E-state index contributed by atoms with van der Waals surface area (Å²) in [7, 11) is 0. The van der Waals surface area contributed by atoms with Crippen molar-refractivity contribution in [3.05, 3.63) is 22.2 Å². The second kappa shape index (κ2) is 5.62. The number of hydrogen-bond donors (Lipinski definition) is 2. The summed E-state index contributed by atoms with van der Waals surface area (Å²) < 4.78 is 4.76. The van der Waals surface area contributed by atoms with Crippen LogP contribution in [0.25, 0.3) is 0 Å². The van der Waals surface area contributed by atoms with E-state index in [1.807, 2.05) is 0 Å². The first kappa shape index (κ1) is 15.5. The van der Waals surface area contributed by atoms with Crippen LogP contribution in [0.4, 0.5) is 0 Å². The lowest BCUT2D eigenvalue weighted by Gasteiger charge is -2.27. The zero-order valence-corrected chi connectivity index (χ0v) is 11.7.